The molecule has 0 rings (SSSR count). The largest absolute Gasteiger partial charge is 0.668 e. The average Bonchev–Trinajstić information content (AvgIpc) is 2.25. The molecule has 0 saturated carbocycles. The van der Waals surface area contributed by atoms with Crippen LogP contribution < -0.4 is 0 Å². The van der Waals surface area contributed by atoms with Crippen molar-refractivity contribution in [2.75, 3.05) is 0 Å². The topological polar surface area (TPSA) is 80.9 Å². The zero-order chi connectivity index (χ0) is 14.3. The van der Waals surface area contributed by atoms with E-state index in [4.69, 9.17) is 19.2 Å². The maximum Gasteiger partial charge on any atom is 0.668 e. The predicted molar refractivity (Wildman–Crippen MR) is 77.0 cm³/mol. The molecule has 0 aliphatic rings. The molecule has 0 aromatic rings. The summed E-state index contributed by atoms with van der Waals surface area (Å²) in [6, 6.07) is 0. The molecular weight excluding hydrogens is 259 g/mol. The van der Waals surface area contributed by atoms with Crippen LogP contribution in [-0.2, 0) is 0 Å². The average molecular weight is 288 g/mol. The normalized spacial score (nSPS) is 11.1. The van der Waals surface area contributed by atoms with E-state index in [2.05, 4.69) is 6.92 Å². The minimum atomic E-state index is -4.61. The van der Waals surface area contributed by atoms with Gasteiger partial charge >= 0.3 is 112 Å². The van der Waals surface area contributed by atoms with Crippen molar-refractivity contribution < 1.29 is 19.2 Å². The molecule has 0 fully saturated rings. The Morgan fingerprint density at radius 3 is 1.22 bits per heavy atom. The van der Waals surface area contributed by atoms with Gasteiger partial charge in [0.1, 0.15) is 0 Å². The van der Waals surface area contributed by atoms with E-state index >= 15 is 0 Å². The second-order valence-electron chi connectivity index (χ2n) is 4.78. The van der Waals surface area contributed by atoms with E-state index in [0.29, 0.717) is 0 Å². The molecule has 106 valence electrons. The molecule has 0 amide bonds. The summed E-state index contributed by atoms with van der Waals surface area (Å²) in [5.74, 6) is 0. The summed E-state index contributed by atoms with van der Waals surface area (Å²) in [4.78, 5) is 29.3. The molecule has 18 heavy (non-hydrogen) atoms. The van der Waals surface area contributed by atoms with Gasteiger partial charge < -0.3 is 19.2 Å². The second-order valence-corrected chi connectivity index (χ2v) is 6.98. The van der Waals surface area contributed by atoms with Crippen LogP contribution in [0.5, 0.6) is 0 Å². The van der Waals surface area contributed by atoms with Crippen LogP contribution in [0.25, 0.3) is 0 Å². The van der Waals surface area contributed by atoms with Gasteiger partial charge in [-0.1, -0.05) is 0 Å². The van der Waals surface area contributed by atoms with Crippen LogP contribution >= 0.6 is 0 Å². The van der Waals surface area contributed by atoms with Crippen LogP contribution in [0.15, 0.2) is 0 Å². The van der Waals surface area contributed by atoms with E-state index in [1.807, 2.05) is 0 Å². The molecule has 4 nitrogen and oxygen atoms in total. The summed E-state index contributed by atoms with van der Waals surface area (Å²) in [5, 5.41) is 0. The fraction of sp³-hybridized carbons (Fsp3) is 1.00. The van der Waals surface area contributed by atoms with Gasteiger partial charge in [-0.05, 0) is 0 Å². The first-order valence-corrected chi connectivity index (χ1v) is 10.5. The summed E-state index contributed by atoms with van der Waals surface area (Å²) >= 11 is 1.41. The molecule has 0 aromatic carbocycles. The summed E-state index contributed by atoms with van der Waals surface area (Å²) in [5.41, 5.74) is 0. The van der Waals surface area contributed by atoms with Gasteiger partial charge in [0.25, 0.3) is 0 Å². The van der Waals surface area contributed by atoms with Gasteiger partial charge in [0, 0.05) is 0 Å². The molecule has 0 saturated heterocycles. The fourth-order valence-corrected chi connectivity index (χ4v) is 2.24. The maximum atomic E-state index is 7.33. The van der Waals surface area contributed by atoms with Gasteiger partial charge in [-0.15, -0.1) is 0 Å². The molecular formula is C12H29NaO4Si. The van der Waals surface area contributed by atoms with E-state index in [1.54, 1.807) is 0 Å². The standard InChI is InChI=1S/C12H25.Na.H4O4Si/c1-3-5-7-9-11-12-10-8-6-4-2;;1-5(2,3)4/h1,3-12H2,2H3;;1-4H. The van der Waals surface area contributed by atoms with E-state index in [-0.39, 0.29) is 0 Å². The van der Waals surface area contributed by atoms with Crippen LogP contribution in [0, 0.1) is 0 Å². The molecule has 6 heteroatoms. The van der Waals surface area contributed by atoms with Gasteiger partial charge in [-0.2, -0.15) is 0 Å². The summed E-state index contributed by atoms with van der Waals surface area (Å²) < 4.78 is 1.51. The van der Waals surface area contributed by atoms with Crippen LogP contribution in [-0.4, -0.2) is 56.2 Å². The van der Waals surface area contributed by atoms with E-state index < -0.39 is 9.05 Å². The molecule has 4 N–H and O–H groups in total. The number of rotatable bonds is 10. The van der Waals surface area contributed by atoms with Crippen molar-refractivity contribution in [2.24, 2.45) is 0 Å². The van der Waals surface area contributed by atoms with Crippen LogP contribution in [0.1, 0.15) is 71.1 Å². The third kappa shape index (κ3) is 36.0. The monoisotopic (exact) mass is 288 g/mol. The molecule has 0 atom stereocenters. The van der Waals surface area contributed by atoms with Crippen molar-refractivity contribution in [3.63, 3.8) is 0 Å². The van der Waals surface area contributed by atoms with Gasteiger partial charge in [0.2, 0.25) is 0 Å². The Hall–Kier alpha value is 1.06. The minimum Gasteiger partial charge on any atom is -0.368 e. The molecule has 0 aromatic heterocycles. The molecule has 0 heterocycles. The van der Waals surface area contributed by atoms with E-state index in [1.165, 1.54) is 95.8 Å². The zero-order valence-electron chi connectivity index (χ0n) is 12.1. The van der Waals surface area contributed by atoms with Crippen LogP contribution in [0.2, 0.25) is 3.67 Å². The van der Waals surface area contributed by atoms with E-state index in [0.717, 1.165) is 0 Å². The van der Waals surface area contributed by atoms with Crippen molar-refractivity contribution in [3.05, 3.63) is 0 Å². The number of hydrogen-bond donors (Lipinski definition) is 4. The summed E-state index contributed by atoms with van der Waals surface area (Å²) in [7, 11) is -4.61. The molecule has 0 aliphatic carbocycles. The molecule has 0 unspecified atom stereocenters. The van der Waals surface area contributed by atoms with Crippen molar-refractivity contribution in [1.29, 1.82) is 0 Å². The first-order valence-electron chi connectivity index (χ1n) is 7.31. The summed E-state index contributed by atoms with van der Waals surface area (Å²) in [6.07, 6.45) is 14.7. The number of unbranched alkanes of at least 4 members (excludes halogenated alkanes) is 9. The first kappa shape index (κ1) is 21.4. The predicted octanol–water partition coefficient (Wildman–Crippen LogP) is 1.89. The second kappa shape index (κ2) is 16.1. The quantitative estimate of drug-likeness (QED) is 0.365. The molecule has 0 spiro atoms. The Balaban J connectivity index is 0. The van der Waals surface area contributed by atoms with Crippen molar-refractivity contribution in [2.45, 2.75) is 74.8 Å². The maximum absolute atomic E-state index is 7.33. The zero-order valence-corrected chi connectivity index (χ0v) is 15.1. The van der Waals surface area contributed by atoms with Crippen molar-refractivity contribution >= 4 is 37.0 Å². The van der Waals surface area contributed by atoms with Gasteiger partial charge in [0.15, 0.2) is 0 Å². The Bertz CT molecular complexity index is 138. The minimum absolute atomic E-state index is 1.38. The van der Waals surface area contributed by atoms with Crippen molar-refractivity contribution in [3.8, 4) is 0 Å². The molecule has 0 radical (unpaired) electrons. The Morgan fingerprint density at radius 1 is 0.667 bits per heavy atom. The smallest absolute Gasteiger partial charge is 0.368 e. The third-order valence-electron chi connectivity index (χ3n) is 2.71. The third-order valence-corrected chi connectivity index (χ3v) is 3.41. The van der Waals surface area contributed by atoms with Gasteiger partial charge in [0.05, 0.1) is 0 Å². The fourth-order valence-electron chi connectivity index (χ4n) is 1.74. The number of hydrogen-bond acceptors (Lipinski definition) is 4. The van der Waals surface area contributed by atoms with E-state index in [9.17, 15) is 0 Å². The first-order chi connectivity index (χ1) is 8.41. The Morgan fingerprint density at radius 2 is 0.944 bits per heavy atom. The van der Waals surface area contributed by atoms with Crippen molar-refractivity contribution in [1.82, 2.24) is 0 Å². The van der Waals surface area contributed by atoms with Crippen LogP contribution in [0.4, 0.5) is 0 Å². The van der Waals surface area contributed by atoms with Gasteiger partial charge in [-0.3, -0.25) is 0 Å². The summed E-state index contributed by atoms with van der Waals surface area (Å²) in [6.45, 7) is 2.29. The molecule has 0 bridgehead atoms. The van der Waals surface area contributed by atoms with Crippen LogP contribution in [0.3, 0.4) is 0 Å². The Kier molecular flexibility index (Phi) is 19.1. The SMILES string of the molecule is CCCCCCCCCCC[CH2][Na].O[Si](O)(O)O. The molecule has 0 aliphatic heterocycles. The van der Waals surface area contributed by atoms with Gasteiger partial charge in [-0.25, -0.2) is 0 Å². The Labute approximate surface area is 130 Å².